The first-order valence-electron chi connectivity index (χ1n) is 12.7. The van der Waals surface area contributed by atoms with Crippen molar-refractivity contribution in [3.8, 4) is 0 Å². The lowest BCUT2D eigenvalue weighted by Gasteiger charge is -2.12. The number of quaternary nitrogens is 1. The van der Waals surface area contributed by atoms with Gasteiger partial charge in [-0.05, 0) is 41.0 Å². The van der Waals surface area contributed by atoms with Crippen LogP contribution in [0.1, 0.15) is 60.8 Å². The molecule has 2 aliphatic carbocycles. The van der Waals surface area contributed by atoms with Crippen LogP contribution in [0.25, 0.3) is 0 Å². The quantitative estimate of drug-likeness (QED) is 0.229. The molecule has 4 aromatic carbocycles. The summed E-state index contributed by atoms with van der Waals surface area (Å²) in [6.45, 7) is 0. The van der Waals surface area contributed by atoms with Gasteiger partial charge in [-0.3, -0.25) is 4.84 Å². The van der Waals surface area contributed by atoms with E-state index in [9.17, 15) is 14.7 Å². The number of rotatable bonds is 7. The number of carbonyl (C=O) groups excluding carboxylic acids is 2. The molecule has 3 N–H and O–H groups in total. The lowest BCUT2D eigenvalue weighted by atomic mass is 10.0. The Balaban J connectivity index is 1.15. The Morgan fingerprint density at radius 1 is 0.757 bits per heavy atom. The third kappa shape index (κ3) is 4.48. The average molecular weight is 491 g/mol. The van der Waals surface area contributed by atoms with Crippen LogP contribution in [-0.2, 0) is 11.3 Å². The fourth-order valence-electron chi connectivity index (χ4n) is 5.75. The summed E-state index contributed by atoms with van der Waals surface area (Å²) in [5, 5.41) is 10.4. The van der Waals surface area contributed by atoms with Gasteiger partial charge < -0.3 is 5.11 Å². The van der Waals surface area contributed by atoms with E-state index in [0.717, 1.165) is 11.1 Å². The first-order chi connectivity index (χ1) is 18.1. The van der Waals surface area contributed by atoms with E-state index in [1.54, 1.807) is 24.3 Å². The molecule has 6 rings (SSSR count). The minimum absolute atomic E-state index is 0.0832. The molecular weight excluding hydrogens is 462 g/mol. The first-order valence-corrected chi connectivity index (χ1v) is 12.7. The van der Waals surface area contributed by atoms with Gasteiger partial charge in [-0.15, -0.1) is 5.48 Å². The monoisotopic (exact) mass is 490 g/mol. The van der Waals surface area contributed by atoms with E-state index in [2.05, 4.69) is 24.3 Å². The Bertz CT molecular complexity index is 1370. The van der Waals surface area contributed by atoms with Crippen molar-refractivity contribution in [3.05, 3.63) is 143 Å². The van der Waals surface area contributed by atoms with Crippen molar-refractivity contribution in [1.82, 2.24) is 0 Å². The standard InChI is InChI=1S/C32H27NO4/c34-26-19-24-13-7-8-14-25(24)30(26)33-37-32(36)23-17-15-22(16-18-23)31(35)29-27(20-9-3-1-4-10-20)28(29)21-11-5-2-6-12-21/h1-18,26-30,33-34H,19H2/q+1/p+1/t26-,27-,28-,30+/m0/s1. The molecule has 1 radical (unpaired) electrons. The Morgan fingerprint density at radius 2 is 1.30 bits per heavy atom. The number of nitrogens with two attached hydrogens (primary N) is 1. The Kier molecular flexibility index (Phi) is 6.16. The highest BCUT2D eigenvalue weighted by Gasteiger charge is 2.61. The maximum atomic E-state index is 13.6. The second-order valence-corrected chi connectivity index (χ2v) is 9.88. The third-order valence-electron chi connectivity index (χ3n) is 7.68. The lowest BCUT2D eigenvalue weighted by molar-refractivity contribution is -0.903. The zero-order valence-electron chi connectivity index (χ0n) is 20.2. The number of hydroxylamine groups is 1. The van der Waals surface area contributed by atoms with Gasteiger partial charge in [0.2, 0.25) is 4.79 Å². The molecule has 5 heteroatoms. The lowest BCUT2D eigenvalue weighted by Crippen LogP contribution is -2.86. The molecule has 0 saturated heterocycles. The summed E-state index contributed by atoms with van der Waals surface area (Å²) in [5.74, 6) is -0.293. The maximum Gasteiger partial charge on any atom is 0.478 e. The minimum atomic E-state index is -0.612. The van der Waals surface area contributed by atoms with Crippen LogP contribution in [0, 0.1) is 5.92 Å². The fraction of sp³-hybridized carbons (Fsp3) is 0.188. The molecule has 0 aromatic heterocycles. The SMILES string of the molecule is O=C(O[NH2+][C@@H]1c2ccccc2C[C@@H]1O)c1ccc(C(=[O+])C2[C@@H](c3ccccc3)[C@@H]2c2ccccc2)cc1. The molecule has 5 nitrogen and oxygen atoms in total. The number of Topliss-reactive ketones (excluding diaryl/α,β-unsaturated/α-hetero) is 1. The highest BCUT2D eigenvalue weighted by atomic mass is 16.7. The molecule has 0 aliphatic heterocycles. The molecule has 1 fully saturated rings. The molecule has 1 saturated carbocycles. The summed E-state index contributed by atoms with van der Waals surface area (Å²) >= 11 is 0. The van der Waals surface area contributed by atoms with E-state index in [4.69, 9.17) is 4.84 Å². The molecule has 4 aromatic rings. The van der Waals surface area contributed by atoms with Gasteiger partial charge in [-0.1, -0.05) is 84.9 Å². The van der Waals surface area contributed by atoms with Crippen LogP contribution in [0.5, 0.6) is 0 Å². The highest BCUT2D eigenvalue weighted by molar-refractivity contribution is 6.02. The third-order valence-corrected chi connectivity index (χ3v) is 7.68. The Labute approximate surface area is 215 Å². The molecule has 0 heterocycles. The number of benzene rings is 4. The van der Waals surface area contributed by atoms with E-state index in [1.165, 1.54) is 16.6 Å². The Morgan fingerprint density at radius 3 is 1.92 bits per heavy atom. The van der Waals surface area contributed by atoms with Crippen LogP contribution in [0.4, 0.5) is 0 Å². The minimum Gasteiger partial charge on any atom is -0.386 e. The number of fused-ring (bicyclic) bond motifs is 1. The van der Waals surface area contributed by atoms with Gasteiger partial charge in [0.15, 0.2) is 6.04 Å². The van der Waals surface area contributed by atoms with Gasteiger partial charge in [0, 0.05) is 23.8 Å². The summed E-state index contributed by atoms with van der Waals surface area (Å²) in [4.78, 5) is 31.7. The normalized spacial score (nSPS) is 23.8. The summed E-state index contributed by atoms with van der Waals surface area (Å²) in [6.07, 6.45) is -0.0697. The van der Waals surface area contributed by atoms with E-state index in [1.807, 2.05) is 60.7 Å². The van der Waals surface area contributed by atoms with E-state index in [-0.39, 0.29) is 29.6 Å². The van der Waals surface area contributed by atoms with Crippen molar-refractivity contribution in [2.45, 2.75) is 30.4 Å². The number of carbonyl (C=O) groups is 2. The van der Waals surface area contributed by atoms with Crippen LogP contribution < -0.4 is 5.48 Å². The fourth-order valence-corrected chi connectivity index (χ4v) is 5.75. The zero-order valence-corrected chi connectivity index (χ0v) is 20.2. The molecule has 0 amide bonds. The smallest absolute Gasteiger partial charge is 0.386 e. The van der Waals surface area contributed by atoms with E-state index >= 15 is 0 Å². The maximum absolute atomic E-state index is 13.6. The summed E-state index contributed by atoms with van der Waals surface area (Å²) in [5.41, 5.74) is 6.76. The molecule has 4 atom stereocenters. The van der Waals surface area contributed by atoms with Crippen molar-refractivity contribution < 1.29 is 25.0 Å². The van der Waals surface area contributed by atoms with E-state index < -0.39 is 12.1 Å². The van der Waals surface area contributed by atoms with Crippen molar-refractivity contribution in [3.63, 3.8) is 0 Å². The van der Waals surface area contributed by atoms with Gasteiger partial charge in [-0.25, -0.2) is 4.79 Å². The summed E-state index contributed by atoms with van der Waals surface area (Å²) in [7, 11) is 0. The number of hydrogen-bond acceptors (Lipinski definition) is 4. The van der Waals surface area contributed by atoms with E-state index in [0.29, 0.717) is 17.5 Å². The topological polar surface area (TPSA) is 83.0 Å². The van der Waals surface area contributed by atoms with Gasteiger partial charge in [0.25, 0.3) is 0 Å². The largest absolute Gasteiger partial charge is 0.478 e. The molecule has 0 spiro atoms. The summed E-state index contributed by atoms with van der Waals surface area (Å²) in [6, 6.07) is 34.5. The van der Waals surface area contributed by atoms with Crippen molar-refractivity contribution >= 4 is 11.8 Å². The first kappa shape index (κ1) is 23.3. The molecule has 183 valence electrons. The van der Waals surface area contributed by atoms with Crippen molar-refractivity contribution in [1.29, 1.82) is 0 Å². The Hall–Kier alpha value is -4.06. The predicted octanol–water partition coefficient (Wildman–Crippen LogP) is 4.36. The van der Waals surface area contributed by atoms with Crippen LogP contribution in [0.2, 0.25) is 0 Å². The van der Waals surface area contributed by atoms with Gasteiger partial charge in [-0.2, -0.15) is 0 Å². The number of hydrogen-bond donors (Lipinski definition) is 2. The molecule has 0 unspecified atom stereocenters. The van der Waals surface area contributed by atoms with Crippen LogP contribution >= 0.6 is 0 Å². The van der Waals surface area contributed by atoms with Gasteiger partial charge in [0.05, 0.1) is 11.1 Å². The van der Waals surface area contributed by atoms with Crippen molar-refractivity contribution in [2.24, 2.45) is 5.92 Å². The number of aliphatic hydroxyl groups is 1. The molecular formula is C32H28NO4+2. The number of aliphatic hydroxyl groups excluding tert-OH is 1. The number of ketones is 1. The van der Waals surface area contributed by atoms with Crippen LogP contribution in [0.3, 0.4) is 0 Å². The van der Waals surface area contributed by atoms with Crippen molar-refractivity contribution in [2.75, 3.05) is 0 Å². The van der Waals surface area contributed by atoms with Gasteiger partial charge in [0.1, 0.15) is 12.0 Å². The van der Waals surface area contributed by atoms with Crippen LogP contribution in [0.15, 0.2) is 109 Å². The molecule has 2 aliphatic rings. The highest BCUT2D eigenvalue weighted by Crippen LogP contribution is 2.61. The average Bonchev–Trinajstić information content (AvgIpc) is 3.62. The molecule has 0 bridgehead atoms. The second-order valence-electron chi connectivity index (χ2n) is 9.88. The summed E-state index contributed by atoms with van der Waals surface area (Å²) < 4.78 is 0. The predicted molar refractivity (Wildman–Crippen MR) is 139 cm³/mol. The second kappa shape index (κ2) is 9.77. The zero-order chi connectivity index (χ0) is 25.4. The van der Waals surface area contributed by atoms with Crippen LogP contribution in [-0.4, -0.2) is 23.0 Å². The van der Waals surface area contributed by atoms with Gasteiger partial charge >= 0.3 is 11.8 Å². The molecule has 37 heavy (non-hydrogen) atoms.